The summed E-state index contributed by atoms with van der Waals surface area (Å²) in [4.78, 5) is 8.16. The fraction of sp³-hybridized carbons (Fsp3) is 0.500. The number of halogens is 1. The van der Waals surface area contributed by atoms with Crippen LogP contribution >= 0.6 is 22.6 Å². The van der Waals surface area contributed by atoms with E-state index in [1.807, 2.05) is 0 Å². The second-order valence-electron chi connectivity index (χ2n) is 4.84. The first-order valence-electron chi connectivity index (χ1n) is 6.31. The van der Waals surface area contributed by atoms with Gasteiger partial charge in [0.05, 0.1) is 12.0 Å². The van der Waals surface area contributed by atoms with Gasteiger partial charge in [-0.1, -0.05) is 0 Å². The highest BCUT2D eigenvalue weighted by molar-refractivity contribution is 14.1. The Morgan fingerprint density at radius 1 is 1.43 bits per heavy atom. The Morgan fingerprint density at radius 3 is 2.90 bits per heavy atom. The summed E-state index contributed by atoms with van der Waals surface area (Å²) in [5.74, 6) is 0.365. The Labute approximate surface area is 134 Å². The zero-order chi connectivity index (χ0) is 15.1. The normalized spacial score (nSPS) is 29.3. The molecule has 4 atom stereocenters. The number of nitrogen functional groups attached to an aromatic ring is 1. The molecule has 0 aliphatic carbocycles. The van der Waals surface area contributed by atoms with Gasteiger partial charge in [-0.05, 0) is 22.6 Å². The van der Waals surface area contributed by atoms with Gasteiger partial charge in [0.1, 0.15) is 36.1 Å². The van der Waals surface area contributed by atoms with E-state index in [1.165, 1.54) is 13.4 Å². The van der Waals surface area contributed by atoms with Crippen molar-refractivity contribution in [1.29, 1.82) is 0 Å². The average Bonchev–Trinajstić information content (AvgIpc) is 2.93. The highest BCUT2D eigenvalue weighted by Crippen LogP contribution is 2.34. The summed E-state index contributed by atoms with van der Waals surface area (Å²) in [5, 5.41) is 21.0. The highest BCUT2D eigenvalue weighted by Gasteiger charge is 2.44. The van der Waals surface area contributed by atoms with Crippen molar-refractivity contribution in [3.63, 3.8) is 0 Å². The van der Waals surface area contributed by atoms with Crippen molar-refractivity contribution in [1.82, 2.24) is 14.5 Å². The molecule has 0 unspecified atom stereocenters. The summed E-state index contributed by atoms with van der Waals surface area (Å²) in [6.07, 6.45) is -0.317. The van der Waals surface area contributed by atoms with E-state index in [-0.39, 0.29) is 6.61 Å². The van der Waals surface area contributed by atoms with E-state index >= 15 is 0 Å². The highest BCUT2D eigenvalue weighted by atomic mass is 127. The molecule has 1 aliphatic heterocycles. The standard InChI is InChI=1S/C12H15IN4O4/c1-20-3-6-8(18)9(19)12(21-6)17-2-5(13)7-10(14)15-4-16-11(7)17/h2,4,6,8-9,12,18-19H,3H2,1H3,(H2,14,15,16)/t6-,8+,9+,12+/m0/s1. The number of nitrogens with zero attached hydrogens (tertiary/aromatic N) is 3. The number of nitrogens with two attached hydrogens (primary N) is 1. The van der Waals surface area contributed by atoms with Crippen LogP contribution in [0, 0.1) is 3.57 Å². The third-order valence-corrected chi connectivity index (χ3v) is 4.35. The summed E-state index contributed by atoms with van der Waals surface area (Å²) < 4.78 is 13.2. The number of ether oxygens (including phenoxy) is 2. The first-order chi connectivity index (χ1) is 10.0. The van der Waals surface area contributed by atoms with Crippen LogP contribution in [0.15, 0.2) is 12.5 Å². The number of hydrogen-bond donors (Lipinski definition) is 3. The van der Waals surface area contributed by atoms with Crippen molar-refractivity contribution in [2.24, 2.45) is 0 Å². The molecule has 0 amide bonds. The first-order valence-corrected chi connectivity index (χ1v) is 7.39. The molecule has 0 spiro atoms. The molecule has 8 nitrogen and oxygen atoms in total. The SMILES string of the molecule is COC[C@@H]1O[C@@H](n2cc(I)c3c(N)ncnc32)[C@H](O)[C@@H]1O. The molecule has 1 aliphatic rings. The molecule has 3 rings (SSSR count). The van der Waals surface area contributed by atoms with Crippen LogP contribution in [0.5, 0.6) is 0 Å². The van der Waals surface area contributed by atoms with Gasteiger partial charge < -0.3 is 30.0 Å². The maximum absolute atomic E-state index is 10.2. The lowest BCUT2D eigenvalue weighted by molar-refractivity contribution is -0.0578. The number of rotatable bonds is 3. The van der Waals surface area contributed by atoms with Crippen molar-refractivity contribution in [2.45, 2.75) is 24.5 Å². The van der Waals surface area contributed by atoms with E-state index < -0.39 is 24.5 Å². The number of aliphatic hydroxyl groups excluding tert-OH is 2. The second kappa shape index (κ2) is 5.65. The molecule has 1 saturated heterocycles. The zero-order valence-corrected chi connectivity index (χ0v) is 13.3. The fourth-order valence-electron chi connectivity index (χ4n) is 2.52. The third kappa shape index (κ3) is 2.38. The summed E-state index contributed by atoms with van der Waals surface area (Å²) in [6, 6.07) is 0. The molecule has 2 aromatic rings. The van der Waals surface area contributed by atoms with Crippen molar-refractivity contribution in [2.75, 3.05) is 19.5 Å². The van der Waals surface area contributed by atoms with Crippen LogP contribution in [-0.4, -0.2) is 56.8 Å². The summed E-state index contributed by atoms with van der Waals surface area (Å²) in [5.41, 5.74) is 6.42. The summed E-state index contributed by atoms with van der Waals surface area (Å²) in [7, 11) is 1.51. The van der Waals surface area contributed by atoms with Crippen LogP contribution in [0.2, 0.25) is 0 Å². The van der Waals surface area contributed by atoms with Gasteiger partial charge in [0.15, 0.2) is 6.23 Å². The number of fused-ring (bicyclic) bond motifs is 1. The van der Waals surface area contributed by atoms with Gasteiger partial charge in [-0.25, -0.2) is 9.97 Å². The predicted molar refractivity (Wildman–Crippen MR) is 82.5 cm³/mol. The van der Waals surface area contributed by atoms with Crippen LogP contribution in [0.3, 0.4) is 0 Å². The van der Waals surface area contributed by atoms with Crippen LogP contribution in [0.1, 0.15) is 6.23 Å². The molecule has 0 aromatic carbocycles. The lowest BCUT2D eigenvalue weighted by Gasteiger charge is -2.17. The van der Waals surface area contributed by atoms with Gasteiger partial charge in [-0.3, -0.25) is 0 Å². The summed E-state index contributed by atoms with van der Waals surface area (Å²) >= 11 is 2.12. The quantitative estimate of drug-likeness (QED) is 0.609. The Bertz CT molecular complexity index is 664. The largest absolute Gasteiger partial charge is 0.387 e. The Hall–Kier alpha value is -1.01. The van der Waals surface area contributed by atoms with Gasteiger partial charge >= 0.3 is 0 Å². The van der Waals surface area contributed by atoms with Crippen molar-refractivity contribution >= 4 is 39.4 Å². The van der Waals surface area contributed by atoms with Gasteiger partial charge in [-0.2, -0.15) is 0 Å². The molecule has 0 bridgehead atoms. The molecule has 21 heavy (non-hydrogen) atoms. The molecular weight excluding hydrogens is 391 g/mol. The molecule has 9 heteroatoms. The van der Waals surface area contributed by atoms with E-state index in [9.17, 15) is 10.2 Å². The first kappa shape index (κ1) is 14.9. The minimum atomic E-state index is -1.08. The Kier molecular flexibility index (Phi) is 4.01. The van der Waals surface area contributed by atoms with E-state index in [0.29, 0.717) is 16.9 Å². The molecule has 1 fully saturated rings. The number of aliphatic hydroxyl groups is 2. The lowest BCUT2D eigenvalue weighted by atomic mass is 10.1. The van der Waals surface area contributed by atoms with E-state index in [1.54, 1.807) is 10.8 Å². The third-order valence-electron chi connectivity index (χ3n) is 3.53. The maximum atomic E-state index is 10.2. The van der Waals surface area contributed by atoms with E-state index in [0.717, 1.165) is 3.57 Å². The van der Waals surface area contributed by atoms with Crippen molar-refractivity contribution < 1.29 is 19.7 Å². The van der Waals surface area contributed by atoms with E-state index in [4.69, 9.17) is 15.2 Å². The lowest BCUT2D eigenvalue weighted by Crippen LogP contribution is -2.33. The van der Waals surface area contributed by atoms with E-state index in [2.05, 4.69) is 32.6 Å². The van der Waals surface area contributed by atoms with Gasteiger partial charge in [0.25, 0.3) is 0 Å². The van der Waals surface area contributed by atoms with Crippen molar-refractivity contribution in [3.8, 4) is 0 Å². The van der Waals surface area contributed by atoms with Gasteiger partial charge in [-0.15, -0.1) is 0 Å². The predicted octanol–water partition coefficient (Wildman–Crippen LogP) is -0.116. The maximum Gasteiger partial charge on any atom is 0.164 e. The van der Waals surface area contributed by atoms with Crippen molar-refractivity contribution in [3.05, 3.63) is 16.1 Å². The number of methoxy groups -OCH3 is 1. The average molecular weight is 406 g/mol. The minimum Gasteiger partial charge on any atom is -0.387 e. The second-order valence-corrected chi connectivity index (χ2v) is 6.01. The molecule has 0 radical (unpaired) electrons. The monoisotopic (exact) mass is 406 g/mol. The zero-order valence-electron chi connectivity index (χ0n) is 11.2. The van der Waals surface area contributed by atoms with Gasteiger partial charge in [0.2, 0.25) is 0 Å². The fourth-order valence-corrected chi connectivity index (χ4v) is 3.33. The number of anilines is 1. The molecule has 3 heterocycles. The number of hydrogen-bond acceptors (Lipinski definition) is 7. The van der Waals surface area contributed by atoms with Crippen LogP contribution in [-0.2, 0) is 9.47 Å². The molecule has 2 aromatic heterocycles. The topological polar surface area (TPSA) is 116 Å². The molecule has 114 valence electrons. The Balaban J connectivity index is 2.03. The molecule has 0 saturated carbocycles. The molecular formula is C12H15IN4O4. The number of aromatic nitrogens is 3. The van der Waals surface area contributed by atoms with Crippen LogP contribution in [0.4, 0.5) is 5.82 Å². The summed E-state index contributed by atoms with van der Waals surface area (Å²) in [6.45, 7) is 0.197. The minimum absolute atomic E-state index is 0.197. The van der Waals surface area contributed by atoms with Crippen LogP contribution in [0.25, 0.3) is 11.0 Å². The van der Waals surface area contributed by atoms with Gasteiger partial charge in [0, 0.05) is 16.9 Å². The molecule has 4 N–H and O–H groups in total. The van der Waals surface area contributed by atoms with Crippen LogP contribution < -0.4 is 5.73 Å². The smallest absolute Gasteiger partial charge is 0.164 e. The Morgan fingerprint density at radius 2 is 2.19 bits per heavy atom.